The first kappa shape index (κ1) is 24.0. The molecule has 0 atom stereocenters. The first-order valence-corrected chi connectivity index (χ1v) is 11.2. The van der Waals surface area contributed by atoms with Crippen LogP contribution in [-0.2, 0) is 9.59 Å². The summed E-state index contributed by atoms with van der Waals surface area (Å²) < 4.78 is 16.7. The predicted molar refractivity (Wildman–Crippen MR) is 127 cm³/mol. The summed E-state index contributed by atoms with van der Waals surface area (Å²) >= 11 is 10.6. The molecule has 2 N–H and O–H groups in total. The lowest BCUT2D eigenvalue weighted by Gasteiger charge is -2.13. The lowest BCUT2D eigenvalue weighted by Crippen LogP contribution is -2.19. The van der Waals surface area contributed by atoms with Crippen molar-refractivity contribution in [3.63, 3.8) is 0 Å². The van der Waals surface area contributed by atoms with Gasteiger partial charge in [-0.15, -0.1) is 0 Å². The number of aliphatic imine (C=N–C) groups is 1. The van der Waals surface area contributed by atoms with E-state index in [-0.39, 0.29) is 11.7 Å². The number of rotatable bonds is 8. The van der Waals surface area contributed by atoms with Gasteiger partial charge in [-0.05, 0) is 76.6 Å². The standard InChI is InChI=1S/C21H18BrClN2O6S/c1-3-30-16-7-11(6-13(22)19(16)31-10-18(26)27)8-17-20(28)25-21(32-17)24-14-9-12(23)4-5-15(14)29-2/h4-9H,3,10H2,1-2H3,(H,26,27)(H,24,25,28)/b17-8-. The largest absolute Gasteiger partial charge is 0.494 e. The molecule has 0 saturated carbocycles. The number of amides is 1. The minimum absolute atomic E-state index is 0.273. The molecule has 0 bridgehead atoms. The maximum atomic E-state index is 12.5. The van der Waals surface area contributed by atoms with Crippen molar-refractivity contribution in [3.8, 4) is 17.2 Å². The summed E-state index contributed by atoms with van der Waals surface area (Å²) in [7, 11) is 1.52. The van der Waals surface area contributed by atoms with E-state index >= 15 is 0 Å². The van der Waals surface area contributed by atoms with E-state index < -0.39 is 12.6 Å². The monoisotopic (exact) mass is 540 g/mol. The van der Waals surface area contributed by atoms with E-state index in [2.05, 4.69) is 26.2 Å². The number of ether oxygens (including phenoxy) is 3. The molecule has 2 aromatic carbocycles. The molecule has 11 heteroatoms. The van der Waals surface area contributed by atoms with Crippen LogP contribution >= 0.6 is 39.3 Å². The van der Waals surface area contributed by atoms with Gasteiger partial charge in [-0.2, -0.15) is 0 Å². The molecule has 1 saturated heterocycles. The van der Waals surface area contributed by atoms with Crippen molar-refractivity contribution in [1.82, 2.24) is 5.32 Å². The third kappa shape index (κ3) is 5.96. The minimum atomic E-state index is -1.10. The van der Waals surface area contributed by atoms with Crippen LogP contribution in [0.15, 0.2) is 44.7 Å². The Morgan fingerprint density at radius 3 is 2.75 bits per heavy atom. The fourth-order valence-electron chi connectivity index (χ4n) is 2.70. The summed E-state index contributed by atoms with van der Waals surface area (Å²) in [4.78, 5) is 28.2. The topological polar surface area (TPSA) is 106 Å². The molecular weight excluding hydrogens is 524 g/mol. The highest BCUT2D eigenvalue weighted by atomic mass is 79.9. The Hall–Kier alpha value is -2.69. The van der Waals surface area contributed by atoms with Crippen LogP contribution in [0.3, 0.4) is 0 Å². The number of carbonyl (C=O) groups is 2. The second-order valence-electron chi connectivity index (χ2n) is 6.24. The molecule has 1 heterocycles. The number of carboxylic acids is 1. The van der Waals surface area contributed by atoms with Crippen molar-refractivity contribution < 1.29 is 28.9 Å². The molecule has 0 spiro atoms. The maximum absolute atomic E-state index is 12.5. The Kier molecular flexibility index (Phi) is 8.05. The fourth-order valence-corrected chi connectivity index (χ4v) is 4.28. The van der Waals surface area contributed by atoms with Crippen molar-refractivity contribution in [2.45, 2.75) is 6.92 Å². The average Bonchev–Trinajstić information content (AvgIpc) is 3.06. The van der Waals surface area contributed by atoms with Gasteiger partial charge in [-0.25, -0.2) is 9.79 Å². The smallest absolute Gasteiger partial charge is 0.341 e. The van der Waals surface area contributed by atoms with Gasteiger partial charge in [0.2, 0.25) is 0 Å². The first-order valence-electron chi connectivity index (χ1n) is 9.24. The van der Waals surface area contributed by atoms with E-state index in [1.807, 2.05) is 0 Å². The normalized spacial score (nSPS) is 15.7. The molecule has 1 fully saturated rings. The zero-order valence-corrected chi connectivity index (χ0v) is 20.1. The van der Waals surface area contributed by atoms with Crippen LogP contribution in [0.1, 0.15) is 12.5 Å². The lowest BCUT2D eigenvalue weighted by molar-refractivity contribution is -0.139. The Bertz CT molecular complexity index is 1120. The molecule has 0 radical (unpaired) electrons. The number of amidine groups is 1. The van der Waals surface area contributed by atoms with E-state index in [0.717, 1.165) is 11.8 Å². The van der Waals surface area contributed by atoms with Crippen LogP contribution in [0.2, 0.25) is 5.02 Å². The summed E-state index contributed by atoms with van der Waals surface area (Å²) in [6, 6.07) is 8.40. The van der Waals surface area contributed by atoms with Crippen molar-refractivity contribution in [3.05, 3.63) is 50.3 Å². The van der Waals surface area contributed by atoms with Crippen molar-refractivity contribution >= 4 is 68.1 Å². The van der Waals surface area contributed by atoms with Crippen molar-refractivity contribution in [1.29, 1.82) is 0 Å². The van der Waals surface area contributed by atoms with Crippen LogP contribution in [-0.4, -0.2) is 42.5 Å². The number of benzene rings is 2. The molecule has 3 rings (SSSR count). The van der Waals surface area contributed by atoms with E-state index in [4.69, 9.17) is 30.9 Å². The van der Waals surface area contributed by atoms with Crippen LogP contribution in [0.4, 0.5) is 5.69 Å². The molecule has 168 valence electrons. The van der Waals surface area contributed by atoms with Crippen molar-refractivity contribution in [2.75, 3.05) is 20.3 Å². The number of hydrogen-bond donors (Lipinski definition) is 2. The van der Waals surface area contributed by atoms with Crippen LogP contribution in [0.25, 0.3) is 6.08 Å². The van der Waals surface area contributed by atoms with E-state index in [1.54, 1.807) is 43.3 Å². The molecule has 1 aliphatic rings. The number of thioether (sulfide) groups is 1. The second-order valence-corrected chi connectivity index (χ2v) is 8.56. The van der Waals surface area contributed by atoms with Crippen LogP contribution < -0.4 is 19.5 Å². The number of carboxylic acid groups (broad SMARTS) is 1. The highest BCUT2D eigenvalue weighted by Crippen LogP contribution is 2.39. The van der Waals surface area contributed by atoms with E-state index in [9.17, 15) is 9.59 Å². The summed E-state index contributed by atoms with van der Waals surface area (Å²) in [6.07, 6.45) is 1.67. The third-order valence-electron chi connectivity index (χ3n) is 3.98. The molecule has 32 heavy (non-hydrogen) atoms. The molecule has 0 aromatic heterocycles. The molecule has 8 nitrogen and oxygen atoms in total. The minimum Gasteiger partial charge on any atom is -0.494 e. The number of methoxy groups -OCH3 is 1. The average molecular weight is 542 g/mol. The summed E-state index contributed by atoms with van der Waals surface area (Å²) in [5.74, 6) is -0.259. The van der Waals surface area contributed by atoms with Gasteiger partial charge in [-0.3, -0.25) is 4.79 Å². The van der Waals surface area contributed by atoms with E-state index in [0.29, 0.717) is 48.9 Å². The number of nitrogens with zero attached hydrogens (tertiary/aromatic N) is 1. The lowest BCUT2D eigenvalue weighted by atomic mass is 10.2. The molecule has 0 aliphatic carbocycles. The van der Waals surface area contributed by atoms with Gasteiger partial charge in [-0.1, -0.05) is 11.6 Å². The molecule has 0 unspecified atom stereocenters. The number of nitrogens with one attached hydrogen (secondary N) is 1. The summed E-state index contributed by atoms with van der Waals surface area (Å²) in [5, 5.41) is 12.5. The Balaban J connectivity index is 1.89. The predicted octanol–water partition coefficient (Wildman–Crippen LogP) is 4.86. The molecular formula is C21H18BrClN2O6S. The Labute approximate surface area is 201 Å². The molecule has 1 aliphatic heterocycles. The molecule has 1 amide bonds. The quantitative estimate of drug-likeness (QED) is 0.460. The second kappa shape index (κ2) is 10.8. The van der Waals surface area contributed by atoms with Crippen molar-refractivity contribution in [2.24, 2.45) is 4.99 Å². The third-order valence-corrected chi connectivity index (χ3v) is 5.72. The number of halogens is 2. The Morgan fingerprint density at radius 2 is 2.06 bits per heavy atom. The maximum Gasteiger partial charge on any atom is 0.341 e. The zero-order valence-electron chi connectivity index (χ0n) is 17.0. The van der Waals surface area contributed by atoms with Gasteiger partial charge in [0.05, 0.1) is 23.1 Å². The van der Waals surface area contributed by atoms with Gasteiger partial charge < -0.3 is 24.6 Å². The van der Waals surface area contributed by atoms with E-state index in [1.165, 1.54) is 7.11 Å². The van der Waals surface area contributed by atoms with Crippen LogP contribution in [0, 0.1) is 0 Å². The van der Waals surface area contributed by atoms with Gasteiger partial charge in [0, 0.05) is 5.02 Å². The zero-order chi connectivity index (χ0) is 23.3. The van der Waals surface area contributed by atoms with Gasteiger partial charge in [0.1, 0.15) is 11.4 Å². The van der Waals surface area contributed by atoms with Gasteiger partial charge in [0.25, 0.3) is 5.91 Å². The highest BCUT2D eigenvalue weighted by molar-refractivity contribution is 9.10. The number of aliphatic carboxylic acids is 1. The number of carbonyl (C=O) groups excluding carboxylic acids is 1. The Morgan fingerprint density at radius 1 is 1.28 bits per heavy atom. The first-order chi connectivity index (χ1) is 15.3. The highest BCUT2D eigenvalue weighted by Gasteiger charge is 2.25. The summed E-state index contributed by atoms with van der Waals surface area (Å²) in [5.41, 5.74) is 1.15. The summed E-state index contributed by atoms with van der Waals surface area (Å²) in [6.45, 7) is 1.64. The van der Waals surface area contributed by atoms with Crippen LogP contribution in [0.5, 0.6) is 17.2 Å². The SMILES string of the molecule is CCOc1cc(/C=C2\SC(=Nc3cc(Cl)ccc3OC)NC2=O)cc(Br)c1OCC(=O)O. The molecule has 2 aromatic rings. The fraction of sp³-hybridized carbons (Fsp3) is 0.190. The van der Waals surface area contributed by atoms with Gasteiger partial charge in [0.15, 0.2) is 23.3 Å². The number of hydrogen-bond acceptors (Lipinski definition) is 7. The van der Waals surface area contributed by atoms with Gasteiger partial charge >= 0.3 is 5.97 Å².